The summed E-state index contributed by atoms with van der Waals surface area (Å²) in [6, 6.07) is 14.8. The Morgan fingerprint density at radius 2 is 1.75 bits per heavy atom. The van der Waals surface area contributed by atoms with Gasteiger partial charge in [-0.3, -0.25) is 9.69 Å². The van der Waals surface area contributed by atoms with Crippen LogP contribution < -0.4 is 15.4 Å². The van der Waals surface area contributed by atoms with Crippen LogP contribution in [-0.2, 0) is 4.79 Å². The van der Waals surface area contributed by atoms with Crippen LogP contribution in [0.2, 0.25) is 0 Å². The zero-order valence-electron chi connectivity index (χ0n) is 15.3. The van der Waals surface area contributed by atoms with E-state index in [9.17, 15) is 18.4 Å². The summed E-state index contributed by atoms with van der Waals surface area (Å²) in [7, 11) is 0. The molecule has 1 fully saturated rings. The molecule has 0 radical (unpaired) electrons. The van der Waals surface area contributed by atoms with Gasteiger partial charge in [0.15, 0.2) is 6.04 Å². The van der Waals surface area contributed by atoms with Crippen molar-refractivity contribution in [2.24, 2.45) is 0 Å². The Kier molecular flexibility index (Phi) is 6.20. The van der Waals surface area contributed by atoms with Gasteiger partial charge in [-0.1, -0.05) is 30.3 Å². The molecule has 1 heterocycles. The third-order valence-electron chi connectivity index (χ3n) is 4.62. The zero-order chi connectivity index (χ0) is 20.1. The first-order chi connectivity index (χ1) is 13.5. The lowest BCUT2D eigenvalue weighted by Crippen LogP contribution is -2.92. The van der Waals surface area contributed by atoms with Crippen molar-refractivity contribution in [3.63, 3.8) is 0 Å². The normalized spacial score (nSPS) is 16.0. The number of benzene rings is 2. The Morgan fingerprint density at radius 3 is 2.32 bits per heavy atom. The summed E-state index contributed by atoms with van der Waals surface area (Å²) in [6.07, 6.45) is 0. The molecule has 8 heteroatoms. The van der Waals surface area contributed by atoms with Crippen molar-refractivity contribution in [3.05, 3.63) is 65.7 Å². The summed E-state index contributed by atoms with van der Waals surface area (Å²) in [6.45, 7) is -0.333. The Morgan fingerprint density at radius 1 is 1.11 bits per heavy atom. The molecule has 1 saturated heterocycles. The smallest absolute Gasteiger partial charge is 0.387 e. The van der Waals surface area contributed by atoms with E-state index in [1.807, 2.05) is 35.6 Å². The number of rotatable bonds is 7. The second kappa shape index (κ2) is 8.79. The lowest BCUT2D eigenvalue weighted by Gasteiger charge is -2.23. The van der Waals surface area contributed by atoms with Crippen LogP contribution in [0.15, 0.2) is 54.6 Å². The second-order valence-corrected chi connectivity index (χ2v) is 6.54. The number of halogens is 2. The molecule has 3 N–H and O–H groups in total. The molecule has 148 valence electrons. The molecule has 2 atom stereocenters. The van der Waals surface area contributed by atoms with Gasteiger partial charge in [-0.2, -0.15) is 8.78 Å². The van der Waals surface area contributed by atoms with Gasteiger partial charge < -0.3 is 15.4 Å². The number of quaternary nitrogens is 1. The number of carbonyl (C=O) groups is 2. The quantitative estimate of drug-likeness (QED) is 0.758. The van der Waals surface area contributed by atoms with Gasteiger partial charge in [0.1, 0.15) is 11.8 Å². The topological polar surface area (TPSA) is 75.2 Å². The molecular weight excluding hydrogens is 368 g/mol. The predicted molar refractivity (Wildman–Crippen MR) is 97.9 cm³/mol. The van der Waals surface area contributed by atoms with E-state index in [1.165, 1.54) is 17.0 Å². The number of ether oxygens (including phenoxy) is 1. The summed E-state index contributed by atoms with van der Waals surface area (Å²) < 4.78 is 29.2. The number of imide groups is 1. The van der Waals surface area contributed by atoms with Crippen LogP contribution in [0.25, 0.3) is 0 Å². The maximum Gasteiger partial charge on any atom is 0.387 e. The largest absolute Gasteiger partial charge is 0.435 e. The van der Waals surface area contributed by atoms with Crippen molar-refractivity contribution >= 4 is 11.9 Å². The molecule has 1 aliphatic heterocycles. The molecule has 1 aliphatic rings. The van der Waals surface area contributed by atoms with Crippen LogP contribution in [-0.4, -0.2) is 42.6 Å². The number of urea groups is 1. The van der Waals surface area contributed by atoms with Gasteiger partial charge in [0, 0.05) is 24.2 Å². The average molecular weight is 390 g/mol. The fraction of sp³-hybridized carbons (Fsp3) is 0.300. The molecule has 0 unspecified atom stereocenters. The molecule has 3 amide bonds. The Balaban J connectivity index is 1.81. The van der Waals surface area contributed by atoms with Gasteiger partial charge in [0.2, 0.25) is 0 Å². The van der Waals surface area contributed by atoms with E-state index in [2.05, 4.69) is 10.1 Å². The van der Waals surface area contributed by atoms with Crippen molar-refractivity contribution in [2.45, 2.75) is 25.6 Å². The number of alkyl halides is 2. The minimum absolute atomic E-state index is 0.0726. The molecular formula is C20H22F2N3O3+. The molecule has 6 nitrogen and oxygen atoms in total. The molecule has 2 aromatic rings. The molecule has 0 bridgehead atoms. The van der Waals surface area contributed by atoms with Gasteiger partial charge >= 0.3 is 12.6 Å². The summed E-state index contributed by atoms with van der Waals surface area (Å²) in [5.41, 5.74) is 1.79. The maximum absolute atomic E-state index is 12.7. The number of amides is 3. The van der Waals surface area contributed by atoms with Gasteiger partial charge in [0.25, 0.3) is 5.91 Å². The van der Waals surface area contributed by atoms with E-state index in [4.69, 9.17) is 0 Å². The number of carbonyl (C=O) groups excluding carboxylic acids is 2. The van der Waals surface area contributed by atoms with E-state index >= 15 is 0 Å². The second-order valence-electron chi connectivity index (χ2n) is 6.54. The van der Waals surface area contributed by atoms with Gasteiger partial charge in [-0.15, -0.1) is 0 Å². The van der Waals surface area contributed by atoms with Gasteiger partial charge in [-0.25, -0.2) is 4.79 Å². The summed E-state index contributed by atoms with van der Waals surface area (Å²) in [5.74, 6) is -0.197. The Bertz CT molecular complexity index is 815. The van der Waals surface area contributed by atoms with E-state index in [1.54, 1.807) is 19.1 Å². The first kappa shape index (κ1) is 19.8. The third-order valence-corrected chi connectivity index (χ3v) is 4.62. The van der Waals surface area contributed by atoms with Crippen LogP contribution in [0.5, 0.6) is 5.75 Å². The predicted octanol–water partition coefficient (Wildman–Crippen LogP) is 1.88. The number of nitrogens with zero attached hydrogens (tertiary/aromatic N) is 1. The van der Waals surface area contributed by atoms with Gasteiger partial charge in [0.05, 0.1) is 0 Å². The van der Waals surface area contributed by atoms with Crippen molar-refractivity contribution in [1.29, 1.82) is 0 Å². The van der Waals surface area contributed by atoms with Crippen LogP contribution >= 0.6 is 0 Å². The average Bonchev–Trinajstić information content (AvgIpc) is 3.12. The van der Waals surface area contributed by atoms with E-state index in [0.29, 0.717) is 13.1 Å². The van der Waals surface area contributed by atoms with Gasteiger partial charge in [-0.05, 0) is 31.2 Å². The molecule has 0 saturated carbocycles. The highest BCUT2D eigenvalue weighted by Gasteiger charge is 2.33. The van der Waals surface area contributed by atoms with E-state index < -0.39 is 12.7 Å². The first-order valence-electron chi connectivity index (χ1n) is 8.99. The maximum atomic E-state index is 12.7. The summed E-state index contributed by atoms with van der Waals surface area (Å²) in [4.78, 5) is 25.6. The van der Waals surface area contributed by atoms with Crippen molar-refractivity contribution in [2.75, 3.05) is 13.1 Å². The van der Waals surface area contributed by atoms with Crippen molar-refractivity contribution in [1.82, 2.24) is 10.2 Å². The van der Waals surface area contributed by atoms with E-state index in [0.717, 1.165) is 11.1 Å². The number of nitrogens with one attached hydrogen (secondary N) is 1. The third kappa shape index (κ3) is 4.64. The van der Waals surface area contributed by atoms with Crippen LogP contribution in [0.1, 0.15) is 24.1 Å². The Labute approximate surface area is 161 Å². The summed E-state index contributed by atoms with van der Waals surface area (Å²) in [5, 5.41) is 4.49. The zero-order valence-corrected chi connectivity index (χ0v) is 15.3. The minimum Gasteiger partial charge on any atom is -0.435 e. The SMILES string of the molecule is C[C@@H]([NH2+][C@H](c1ccccc1)c1ccc(OC(F)F)cc1)C(=O)N1CCNC1=O. The number of nitrogens with two attached hydrogens (primary N) is 1. The minimum atomic E-state index is -2.88. The van der Waals surface area contributed by atoms with Crippen molar-refractivity contribution < 1.29 is 28.4 Å². The van der Waals surface area contributed by atoms with Crippen molar-refractivity contribution in [3.8, 4) is 5.75 Å². The fourth-order valence-corrected chi connectivity index (χ4v) is 3.23. The van der Waals surface area contributed by atoms with E-state index in [-0.39, 0.29) is 23.7 Å². The lowest BCUT2D eigenvalue weighted by atomic mass is 9.97. The van der Waals surface area contributed by atoms with Crippen LogP contribution in [0.4, 0.5) is 13.6 Å². The van der Waals surface area contributed by atoms with Crippen LogP contribution in [0, 0.1) is 0 Å². The number of hydrogen-bond acceptors (Lipinski definition) is 3. The molecule has 0 spiro atoms. The highest BCUT2D eigenvalue weighted by molar-refractivity contribution is 5.97. The lowest BCUT2D eigenvalue weighted by molar-refractivity contribution is -0.705. The van der Waals surface area contributed by atoms with Crippen LogP contribution in [0.3, 0.4) is 0 Å². The molecule has 0 aromatic heterocycles. The Hall–Kier alpha value is -3.00. The fourth-order valence-electron chi connectivity index (χ4n) is 3.23. The number of hydrogen-bond donors (Lipinski definition) is 2. The first-order valence-corrected chi connectivity index (χ1v) is 8.99. The summed E-state index contributed by atoms with van der Waals surface area (Å²) >= 11 is 0. The molecule has 3 rings (SSSR count). The molecule has 2 aromatic carbocycles. The highest BCUT2D eigenvalue weighted by atomic mass is 19.3. The monoisotopic (exact) mass is 390 g/mol. The standard InChI is InChI=1S/C20H21F2N3O3/c1-13(18(26)25-12-11-23-20(25)27)24-17(14-5-3-2-4-6-14)15-7-9-16(10-8-15)28-19(21)22/h2-10,13,17,19,24H,11-12H2,1H3,(H,23,27)/p+1/t13-,17-/m1/s1. The molecule has 28 heavy (non-hydrogen) atoms. The highest BCUT2D eigenvalue weighted by Crippen LogP contribution is 2.22. The molecule has 0 aliphatic carbocycles.